The van der Waals surface area contributed by atoms with E-state index in [9.17, 15) is 8.42 Å². The van der Waals surface area contributed by atoms with E-state index in [0.717, 1.165) is 5.56 Å². The van der Waals surface area contributed by atoms with E-state index >= 15 is 0 Å². The quantitative estimate of drug-likeness (QED) is 0.927. The number of nitrogens with two attached hydrogens (primary N) is 1. The Morgan fingerprint density at radius 3 is 2.35 bits per heavy atom. The van der Waals surface area contributed by atoms with Crippen LogP contribution in [0.3, 0.4) is 0 Å². The molecular formula is C13H18N4O2S. The molecular weight excluding hydrogens is 276 g/mol. The molecule has 108 valence electrons. The Morgan fingerprint density at radius 1 is 1.30 bits per heavy atom. The SMILES string of the molecule is CCN(c1ccc(C)cc1)S(=O)(=O)c1cn(C)nc1N. The number of hydrogen-bond donors (Lipinski definition) is 1. The molecule has 2 aromatic rings. The van der Waals surface area contributed by atoms with Crippen molar-refractivity contribution < 1.29 is 8.42 Å². The summed E-state index contributed by atoms with van der Waals surface area (Å²) in [4.78, 5) is 0.0300. The fraction of sp³-hybridized carbons (Fsp3) is 0.308. The predicted molar refractivity (Wildman–Crippen MR) is 79.0 cm³/mol. The molecule has 2 rings (SSSR count). The average Bonchev–Trinajstić information content (AvgIpc) is 2.72. The minimum atomic E-state index is -3.70. The molecule has 1 aromatic heterocycles. The summed E-state index contributed by atoms with van der Waals surface area (Å²) in [6.45, 7) is 4.05. The van der Waals surface area contributed by atoms with Crippen LogP contribution < -0.4 is 10.0 Å². The molecule has 1 heterocycles. The van der Waals surface area contributed by atoms with Crippen LogP contribution in [0, 0.1) is 6.92 Å². The largest absolute Gasteiger partial charge is 0.381 e. The number of anilines is 2. The van der Waals surface area contributed by atoms with Crippen molar-refractivity contribution in [2.45, 2.75) is 18.7 Å². The molecule has 0 unspecified atom stereocenters. The van der Waals surface area contributed by atoms with Gasteiger partial charge in [0.2, 0.25) is 0 Å². The van der Waals surface area contributed by atoms with E-state index in [2.05, 4.69) is 5.10 Å². The number of aryl methyl sites for hydroxylation is 2. The van der Waals surface area contributed by atoms with Gasteiger partial charge in [0.25, 0.3) is 10.0 Å². The highest BCUT2D eigenvalue weighted by molar-refractivity contribution is 7.93. The summed E-state index contributed by atoms with van der Waals surface area (Å²) < 4.78 is 28.1. The molecule has 0 amide bonds. The topological polar surface area (TPSA) is 81.2 Å². The first-order valence-corrected chi connectivity index (χ1v) is 7.68. The third kappa shape index (κ3) is 2.49. The maximum absolute atomic E-state index is 12.7. The van der Waals surface area contributed by atoms with E-state index in [1.807, 2.05) is 19.1 Å². The van der Waals surface area contributed by atoms with E-state index in [1.54, 1.807) is 26.1 Å². The molecule has 1 aromatic carbocycles. The Morgan fingerprint density at radius 2 is 1.90 bits per heavy atom. The van der Waals surface area contributed by atoms with Crippen LogP contribution in [0.25, 0.3) is 0 Å². The van der Waals surface area contributed by atoms with Gasteiger partial charge < -0.3 is 5.73 Å². The van der Waals surface area contributed by atoms with Crippen LogP contribution >= 0.6 is 0 Å². The van der Waals surface area contributed by atoms with Gasteiger partial charge in [0, 0.05) is 19.8 Å². The lowest BCUT2D eigenvalue weighted by Gasteiger charge is -2.22. The van der Waals surface area contributed by atoms with Gasteiger partial charge in [0.05, 0.1) is 5.69 Å². The lowest BCUT2D eigenvalue weighted by Crippen LogP contribution is -2.31. The van der Waals surface area contributed by atoms with E-state index < -0.39 is 10.0 Å². The molecule has 0 fully saturated rings. The molecule has 2 N–H and O–H groups in total. The molecule has 0 aliphatic carbocycles. The van der Waals surface area contributed by atoms with Gasteiger partial charge in [-0.3, -0.25) is 8.99 Å². The Labute approximate surface area is 118 Å². The predicted octanol–water partition coefficient (Wildman–Crippen LogP) is 1.53. The third-order valence-electron chi connectivity index (χ3n) is 3.00. The van der Waals surface area contributed by atoms with Crippen molar-refractivity contribution in [1.29, 1.82) is 0 Å². The van der Waals surface area contributed by atoms with Crippen molar-refractivity contribution in [2.24, 2.45) is 7.05 Å². The van der Waals surface area contributed by atoms with Crippen LogP contribution in [-0.2, 0) is 17.1 Å². The van der Waals surface area contributed by atoms with Crippen LogP contribution in [0.4, 0.5) is 11.5 Å². The number of aromatic nitrogens is 2. The number of sulfonamides is 1. The molecule has 7 heteroatoms. The first-order chi connectivity index (χ1) is 9.36. The van der Waals surface area contributed by atoms with Crippen LogP contribution in [-0.4, -0.2) is 24.7 Å². The summed E-state index contributed by atoms with van der Waals surface area (Å²) in [5, 5.41) is 3.89. The molecule has 0 atom stereocenters. The Bertz CT molecular complexity index is 704. The minimum Gasteiger partial charge on any atom is -0.381 e. The smallest absolute Gasteiger partial charge is 0.269 e. The normalized spacial score (nSPS) is 11.6. The van der Waals surface area contributed by atoms with Crippen LogP contribution in [0.15, 0.2) is 35.4 Å². The van der Waals surface area contributed by atoms with Gasteiger partial charge in [-0.05, 0) is 26.0 Å². The van der Waals surface area contributed by atoms with E-state index in [0.29, 0.717) is 12.2 Å². The maximum Gasteiger partial charge on any atom is 0.269 e. The van der Waals surface area contributed by atoms with E-state index in [4.69, 9.17) is 5.73 Å². The van der Waals surface area contributed by atoms with Gasteiger partial charge in [-0.25, -0.2) is 8.42 Å². The maximum atomic E-state index is 12.7. The molecule has 0 spiro atoms. The number of hydrogen-bond acceptors (Lipinski definition) is 4. The zero-order chi connectivity index (χ0) is 14.9. The first-order valence-electron chi connectivity index (χ1n) is 6.24. The summed E-state index contributed by atoms with van der Waals surface area (Å²) in [6.07, 6.45) is 1.42. The van der Waals surface area contributed by atoms with Crippen molar-refractivity contribution in [2.75, 3.05) is 16.6 Å². The van der Waals surface area contributed by atoms with Crippen molar-refractivity contribution in [1.82, 2.24) is 9.78 Å². The fourth-order valence-corrected chi connectivity index (χ4v) is 3.57. The molecule has 0 saturated heterocycles. The Balaban J connectivity index is 2.50. The fourth-order valence-electron chi connectivity index (χ4n) is 2.00. The van der Waals surface area contributed by atoms with E-state index in [-0.39, 0.29) is 10.7 Å². The van der Waals surface area contributed by atoms with E-state index in [1.165, 1.54) is 15.2 Å². The third-order valence-corrected chi connectivity index (χ3v) is 4.92. The monoisotopic (exact) mass is 294 g/mol. The zero-order valence-electron chi connectivity index (χ0n) is 11.7. The van der Waals surface area contributed by atoms with Gasteiger partial charge in [-0.1, -0.05) is 17.7 Å². The van der Waals surface area contributed by atoms with Gasteiger partial charge in [0.1, 0.15) is 4.90 Å². The molecule has 0 saturated carbocycles. The van der Waals surface area contributed by atoms with Gasteiger partial charge in [-0.2, -0.15) is 5.10 Å². The molecule has 0 aliphatic heterocycles. The summed E-state index contributed by atoms with van der Waals surface area (Å²) in [6, 6.07) is 7.31. The van der Waals surface area contributed by atoms with Crippen molar-refractivity contribution in [3.05, 3.63) is 36.0 Å². The van der Waals surface area contributed by atoms with Crippen molar-refractivity contribution in [3.63, 3.8) is 0 Å². The minimum absolute atomic E-state index is 0.0121. The molecule has 6 nitrogen and oxygen atoms in total. The first kappa shape index (κ1) is 14.4. The summed E-state index contributed by atoms with van der Waals surface area (Å²) in [5.74, 6) is 0.0121. The summed E-state index contributed by atoms with van der Waals surface area (Å²) in [5.41, 5.74) is 7.37. The van der Waals surface area contributed by atoms with Crippen LogP contribution in [0.1, 0.15) is 12.5 Å². The molecule has 0 aliphatic rings. The standard InChI is InChI=1S/C13H18N4O2S/c1-4-17(11-7-5-10(2)6-8-11)20(18,19)12-9-16(3)15-13(12)14/h5-9H,4H2,1-3H3,(H2,14,15). The van der Waals surface area contributed by atoms with Crippen molar-refractivity contribution >= 4 is 21.5 Å². The number of benzene rings is 1. The lowest BCUT2D eigenvalue weighted by atomic mass is 10.2. The van der Waals surface area contributed by atoms with Crippen molar-refractivity contribution in [3.8, 4) is 0 Å². The summed E-state index contributed by atoms with van der Waals surface area (Å²) in [7, 11) is -2.07. The Kier molecular flexibility index (Phi) is 3.71. The molecule has 20 heavy (non-hydrogen) atoms. The highest BCUT2D eigenvalue weighted by Crippen LogP contribution is 2.26. The van der Waals surface area contributed by atoms with Crippen LogP contribution in [0.5, 0.6) is 0 Å². The second-order valence-electron chi connectivity index (χ2n) is 4.56. The number of nitrogen functional groups attached to an aromatic ring is 1. The Hall–Kier alpha value is -2.02. The molecule has 0 radical (unpaired) electrons. The second-order valence-corrected chi connectivity index (χ2v) is 6.39. The number of rotatable bonds is 4. The van der Waals surface area contributed by atoms with Gasteiger partial charge >= 0.3 is 0 Å². The zero-order valence-corrected chi connectivity index (χ0v) is 12.6. The average molecular weight is 294 g/mol. The lowest BCUT2D eigenvalue weighted by molar-refractivity contribution is 0.592. The van der Waals surface area contributed by atoms with Gasteiger partial charge in [-0.15, -0.1) is 0 Å². The second kappa shape index (κ2) is 5.16. The highest BCUT2D eigenvalue weighted by atomic mass is 32.2. The van der Waals surface area contributed by atoms with Crippen LogP contribution in [0.2, 0.25) is 0 Å². The summed E-state index contributed by atoms with van der Waals surface area (Å²) >= 11 is 0. The molecule has 0 bridgehead atoms. The highest BCUT2D eigenvalue weighted by Gasteiger charge is 2.27. The number of nitrogens with zero attached hydrogens (tertiary/aromatic N) is 3. The van der Waals surface area contributed by atoms with Gasteiger partial charge in [0.15, 0.2) is 5.82 Å².